The number of aromatic nitrogens is 3. The van der Waals surface area contributed by atoms with E-state index in [1.54, 1.807) is 12.1 Å². The number of nitrogens with one attached hydrogen (secondary N) is 2. The fourth-order valence-electron chi connectivity index (χ4n) is 3.46. The maximum Gasteiger partial charge on any atom is 0.240 e. The first kappa shape index (κ1) is 20.8. The maximum absolute atomic E-state index is 13.3. The molecule has 0 aliphatic carbocycles. The van der Waals surface area contributed by atoms with Crippen LogP contribution in [0.4, 0.5) is 5.69 Å². The van der Waals surface area contributed by atoms with Gasteiger partial charge >= 0.3 is 0 Å². The summed E-state index contributed by atoms with van der Waals surface area (Å²) in [5.41, 5.74) is 6.40. The van der Waals surface area contributed by atoms with Crippen LogP contribution in [-0.4, -0.2) is 26.0 Å². The molecule has 30 heavy (non-hydrogen) atoms. The molecule has 0 spiro atoms. The molecule has 2 heterocycles. The number of thioether (sulfide) groups is 1. The molecule has 6 nitrogen and oxygen atoms in total. The second-order valence-corrected chi connectivity index (χ2v) is 8.71. The number of hydrogen-bond acceptors (Lipinski definition) is 5. The van der Waals surface area contributed by atoms with Gasteiger partial charge in [-0.2, -0.15) is 0 Å². The summed E-state index contributed by atoms with van der Waals surface area (Å²) in [6.07, 6.45) is 2.76. The van der Waals surface area contributed by atoms with Gasteiger partial charge in [0.25, 0.3) is 0 Å². The van der Waals surface area contributed by atoms with Gasteiger partial charge in [0.1, 0.15) is 5.25 Å². The fraction of sp³-hybridized carbons (Fsp3) is 0.318. The van der Waals surface area contributed by atoms with Crippen molar-refractivity contribution in [2.24, 2.45) is 0 Å². The summed E-state index contributed by atoms with van der Waals surface area (Å²) in [7, 11) is 0. The van der Waals surface area contributed by atoms with Crippen LogP contribution < -0.4 is 10.7 Å². The molecule has 0 bridgehead atoms. The molecule has 0 unspecified atom stereocenters. The Labute approximate surface area is 185 Å². The Morgan fingerprint density at radius 2 is 1.93 bits per heavy atom. The van der Waals surface area contributed by atoms with Gasteiger partial charge in [0.15, 0.2) is 5.82 Å². The van der Waals surface area contributed by atoms with Gasteiger partial charge in [0, 0.05) is 6.42 Å². The number of halogens is 1. The van der Waals surface area contributed by atoms with Crippen LogP contribution in [0, 0.1) is 0 Å². The molecule has 0 fully saturated rings. The summed E-state index contributed by atoms with van der Waals surface area (Å²) in [6.45, 7) is 4.24. The monoisotopic (exact) mass is 441 g/mol. The predicted octanol–water partition coefficient (Wildman–Crippen LogP) is 4.84. The van der Waals surface area contributed by atoms with Gasteiger partial charge in [-0.25, -0.2) is 4.68 Å². The molecule has 3 aromatic rings. The van der Waals surface area contributed by atoms with Gasteiger partial charge in [-0.1, -0.05) is 73.6 Å². The van der Waals surface area contributed by atoms with Crippen LogP contribution in [0.1, 0.15) is 43.3 Å². The molecule has 0 saturated carbocycles. The molecule has 0 saturated heterocycles. The predicted molar refractivity (Wildman–Crippen MR) is 122 cm³/mol. The molecular formula is C22H24ClN5OS. The molecule has 1 aliphatic heterocycles. The number of anilines is 1. The zero-order chi connectivity index (χ0) is 21.1. The molecule has 1 aliphatic rings. The lowest BCUT2D eigenvalue weighted by Crippen LogP contribution is -2.41. The van der Waals surface area contributed by atoms with Crippen LogP contribution in [0.15, 0.2) is 53.7 Å². The van der Waals surface area contributed by atoms with E-state index in [9.17, 15) is 4.79 Å². The molecule has 2 N–H and O–H groups in total. The standard InChI is InChI=1S/C22H24ClN5OS/c1-3-7-18-25-26-22-28(18)27-19(15-12-10-14(4-2)11-13-15)20(30-22)21(29)24-17-9-6-5-8-16(17)23/h5-6,8-13,19-20,27H,3-4,7H2,1-2H3,(H,24,29)/t19-,20-/m1/s1. The van der Waals surface area contributed by atoms with E-state index in [0.29, 0.717) is 15.9 Å². The Balaban J connectivity index is 1.67. The third-order valence-electron chi connectivity index (χ3n) is 5.11. The van der Waals surface area contributed by atoms with E-state index < -0.39 is 5.25 Å². The molecule has 156 valence electrons. The fourth-order valence-corrected chi connectivity index (χ4v) is 4.74. The smallest absolute Gasteiger partial charge is 0.240 e. The first-order valence-electron chi connectivity index (χ1n) is 10.1. The van der Waals surface area contributed by atoms with Crippen molar-refractivity contribution in [3.63, 3.8) is 0 Å². The number of carbonyl (C=O) groups excluding carboxylic acids is 1. The van der Waals surface area contributed by atoms with E-state index in [1.807, 2.05) is 16.8 Å². The lowest BCUT2D eigenvalue weighted by Gasteiger charge is -2.33. The number of amides is 1. The van der Waals surface area contributed by atoms with Gasteiger partial charge in [-0.3, -0.25) is 4.79 Å². The van der Waals surface area contributed by atoms with E-state index in [0.717, 1.165) is 30.7 Å². The number of nitrogens with zero attached hydrogens (tertiary/aromatic N) is 3. The zero-order valence-electron chi connectivity index (χ0n) is 16.9. The number of aryl methyl sites for hydroxylation is 2. The van der Waals surface area contributed by atoms with Gasteiger partial charge in [-0.05, 0) is 36.1 Å². The van der Waals surface area contributed by atoms with E-state index in [4.69, 9.17) is 11.6 Å². The highest BCUT2D eigenvalue weighted by molar-refractivity contribution is 8.00. The highest BCUT2D eigenvalue weighted by Crippen LogP contribution is 2.38. The van der Waals surface area contributed by atoms with Crippen LogP contribution in [0.2, 0.25) is 5.02 Å². The van der Waals surface area contributed by atoms with Crippen molar-refractivity contribution < 1.29 is 4.79 Å². The summed E-state index contributed by atoms with van der Waals surface area (Å²) >= 11 is 7.67. The average molecular weight is 442 g/mol. The molecule has 4 rings (SSSR count). The van der Waals surface area contributed by atoms with Crippen LogP contribution in [-0.2, 0) is 17.6 Å². The quantitative estimate of drug-likeness (QED) is 0.572. The number of fused-ring (bicyclic) bond motifs is 1. The van der Waals surface area contributed by atoms with Crippen molar-refractivity contribution in [1.29, 1.82) is 0 Å². The Bertz CT molecular complexity index is 1040. The first-order valence-corrected chi connectivity index (χ1v) is 11.4. The number of hydrogen-bond donors (Lipinski definition) is 2. The van der Waals surface area contributed by atoms with Crippen LogP contribution in [0.5, 0.6) is 0 Å². The molecule has 0 radical (unpaired) electrons. The zero-order valence-corrected chi connectivity index (χ0v) is 18.5. The Morgan fingerprint density at radius 3 is 2.63 bits per heavy atom. The highest BCUT2D eigenvalue weighted by atomic mass is 35.5. The minimum atomic E-state index is -0.431. The summed E-state index contributed by atoms with van der Waals surface area (Å²) in [6, 6.07) is 15.4. The minimum absolute atomic E-state index is 0.128. The number of rotatable bonds is 6. The number of para-hydroxylation sites is 1. The molecule has 2 aromatic carbocycles. The number of carbonyl (C=O) groups is 1. The van der Waals surface area contributed by atoms with Crippen molar-refractivity contribution in [3.8, 4) is 0 Å². The van der Waals surface area contributed by atoms with E-state index in [-0.39, 0.29) is 11.9 Å². The third-order valence-corrected chi connectivity index (χ3v) is 6.66. The maximum atomic E-state index is 13.3. The SMILES string of the molecule is CCCc1nnc2n1N[C@H](c1ccc(CC)cc1)[C@H](C(=O)Nc1ccccc1Cl)S2. The summed E-state index contributed by atoms with van der Waals surface area (Å²) in [5.74, 6) is 0.747. The van der Waals surface area contributed by atoms with Gasteiger partial charge in [0.2, 0.25) is 11.1 Å². The average Bonchev–Trinajstić information content (AvgIpc) is 3.16. The summed E-state index contributed by atoms with van der Waals surface area (Å²) in [4.78, 5) is 13.3. The molecule has 2 atom stereocenters. The summed E-state index contributed by atoms with van der Waals surface area (Å²) in [5, 5.41) is 12.4. The lowest BCUT2D eigenvalue weighted by molar-refractivity contribution is -0.116. The Hall–Kier alpha value is -2.51. The van der Waals surface area contributed by atoms with Crippen LogP contribution in [0.3, 0.4) is 0 Å². The third kappa shape index (κ3) is 4.18. The highest BCUT2D eigenvalue weighted by Gasteiger charge is 2.37. The van der Waals surface area contributed by atoms with Gasteiger partial charge in [0.05, 0.1) is 16.8 Å². The second kappa shape index (κ2) is 9.10. The van der Waals surface area contributed by atoms with Crippen molar-refractivity contribution in [1.82, 2.24) is 14.9 Å². The van der Waals surface area contributed by atoms with Gasteiger partial charge < -0.3 is 10.7 Å². The topological polar surface area (TPSA) is 71.8 Å². The van der Waals surface area contributed by atoms with E-state index in [1.165, 1.54) is 17.3 Å². The largest absolute Gasteiger partial charge is 0.324 e. The summed E-state index contributed by atoms with van der Waals surface area (Å²) < 4.78 is 1.92. The number of benzene rings is 2. The van der Waals surface area contributed by atoms with E-state index >= 15 is 0 Å². The van der Waals surface area contributed by atoms with Crippen LogP contribution in [0.25, 0.3) is 0 Å². The molecule has 8 heteroatoms. The normalized spacial score (nSPS) is 17.8. The molecule has 1 amide bonds. The molecular weight excluding hydrogens is 418 g/mol. The van der Waals surface area contributed by atoms with E-state index in [2.05, 4.69) is 59.1 Å². The van der Waals surface area contributed by atoms with Crippen LogP contribution >= 0.6 is 23.4 Å². The first-order chi connectivity index (χ1) is 14.6. The molecule has 1 aromatic heterocycles. The van der Waals surface area contributed by atoms with Crippen molar-refractivity contribution >= 4 is 35.0 Å². The Kier molecular flexibility index (Phi) is 6.29. The Morgan fingerprint density at radius 1 is 1.17 bits per heavy atom. The van der Waals surface area contributed by atoms with Gasteiger partial charge in [-0.15, -0.1) is 10.2 Å². The van der Waals surface area contributed by atoms with Crippen molar-refractivity contribution in [2.75, 3.05) is 10.7 Å². The second-order valence-electron chi connectivity index (χ2n) is 7.19. The van der Waals surface area contributed by atoms with Crippen molar-refractivity contribution in [3.05, 3.63) is 70.5 Å². The van der Waals surface area contributed by atoms with Crippen molar-refractivity contribution in [2.45, 2.75) is 49.6 Å². The lowest BCUT2D eigenvalue weighted by atomic mass is 10.0. The minimum Gasteiger partial charge on any atom is -0.324 e.